The van der Waals surface area contributed by atoms with Crippen LogP contribution in [0.1, 0.15) is 26.7 Å². The number of hydrogen-bond donors (Lipinski definition) is 1. The maximum Gasteiger partial charge on any atom is 0.319 e. The molecule has 1 atom stereocenters. The minimum Gasteiger partial charge on any atom is -0.326 e. The highest BCUT2D eigenvalue weighted by Gasteiger charge is 2.26. The molecule has 4 heteroatoms. The summed E-state index contributed by atoms with van der Waals surface area (Å²) in [5.41, 5.74) is 0. The highest BCUT2D eigenvalue weighted by Crippen LogP contribution is 2.07. The van der Waals surface area contributed by atoms with Crippen molar-refractivity contribution in [3.8, 4) is 0 Å². The van der Waals surface area contributed by atoms with Gasteiger partial charge >= 0.3 is 6.03 Å². The van der Waals surface area contributed by atoms with E-state index in [1.807, 2.05) is 11.9 Å². The second-order valence-corrected chi connectivity index (χ2v) is 4.21. The van der Waals surface area contributed by atoms with Gasteiger partial charge < -0.3 is 15.1 Å². The van der Waals surface area contributed by atoms with E-state index < -0.39 is 0 Å². The number of urea groups is 1. The summed E-state index contributed by atoms with van der Waals surface area (Å²) in [5.74, 6) is 0. The lowest BCUT2D eigenvalue weighted by Gasteiger charge is -2.23. The molecule has 1 aliphatic heterocycles. The Morgan fingerprint density at radius 3 is 2.60 bits per heavy atom. The second kappa shape index (κ2) is 5.95. The molecule has 2 amide bonds. The lowest BCUT2D eigenvalue weighted by atomic mass is 10.2. The smallest absolute Gasteiger partial charge is 0.319 e. The van der Waals surface area contributed by atoms with Crippen LogP contribution in [0.5, 0.6) is 0 Å². The zero-order valence-electron chi connectivity index (χ0n) is 10.1. The molecule has 1 rings (SSSR count). The van der Waals surface area contributed by atoms with Crippen molar-refractivity contribution >= 4 is 6.03 Å². The Morgan fingerprint density at radius 1 is 1.40 bits per heavy atom. The quantitative estimate of drug-likeness (QED) is 0.718. The van der Waals surface area contributed by atoms with Crippen LogP contribution >= 0.6 is 0 Å². The molecule has 15 heavy (non-hydrogen) atoms. The lowest BCUT2D eigenvalue weighted by molar-refractivity contribution is 0.193. The minimum atomic E-state index is 0.173. The third-order valence-electron chi connectivity index (χ3n) is 2.92. The number of amides is 2. The van der Waals surface area contributed by atoms with Gasteiger partial charge in [0.15, 0.2) is 0 Å². The fraction of sp³-hybridized carbons (Fsp3) is 0.909. The maximum atomic E-state index is 11.7. The zero-order valence-corrected chi connectivity index (χ0v) is 10.1. The maximum absolute atomic E-state index is 11.7. The number of hydrogen-bond acceptors (Lipinski definition) is 2. The summed E-state index contributed by atoms with van der Waals surface area (Å²) in [4.78, 5) is 15.4. The van der Waals surface area contributed by atoms with Crippen molar-refractivity contribution in [3.63, 3.8) is 0 Å². The van der Waals surface area contributed by atoms with Gasteiger partial charge in [-0.25, -0.2) is 4.79 Å². The van der Waals surface area contributed by atoms with Crippen molar-refractivity contribution in [1.29, 1.82) is 0 Å². The Labute approximate surface area is 92.6 Å². The Balaban J connectivity index is 2.35. The van der Waals surface area contributed by atoms with Crippen LogP contribution in [-0.2, 0) is 0 Å². The average molecular weight is 213 g/mol. The van der Waals surface area contributed by atoms with Crippen LogP contribution in [0.4, 0.5) is 4.79 Å². The molecule has 1 unspecified atom stereocenters. The Kier molecular flexibility index (Phi) is 4.88. The molecule has 1 fully saturated rings. The molecule has 0 radical (unpaired) electrons. The number of carbonyl (C=O) groups excluding carboxylic acids is 1. The van der Waals surface area contributed by atoms with Gasteiger partial charge in [-0.15, -0.1) is 0 Å². The van der Waals surface area contributed by atoms with Crippen LogP contribution in [0.15, 0.2) is 0 Å². The SMILES string of the molecule is CCCNC(CC)CN1CCN(C)C1=O. The monoisotopic (exact) mass is 213 g/mol. The van der Waals surface area contributed by atoms with Gasteiger partial charge in [0.1, 0.15) is 0 Å². The second-order valence-electron chi connectivity index (χ2n) is 4.21. The van der Waals surface area contributed by atoms with Crippen molar-refractivity contribution in [3.05, 3.63) is 0 Å². The summed E-state index contributed by atoms with van der Waals surface area (Å²) in [6.45, 7) is 7.95. The van der Waals surface area contributed by atoms with Crippen LogP contribution in [0.2, 0.25) is 0 Å². The normalized spacial score (nSPS) is 18.7. The summed E-state index contributed by atoms with van der Waals surface area (Å²) < 4.78 is 0. The third kappa shape index (κ3) is 3.38. The Hall–Kier alpha value is -0.770. The predicted molar refractivity (Wildman–Crippen MR) is 62.0 cm³/mol. The van der Waals surface area contributed by atoms with Gasteiger partial charge in [-0.3, -0.25) is 0 Å². The first kappa shape index (κ1) is 12.3. The molecule has 0 aromatic heterocycles. The summed E-state index contributed by atoms with van der Waals surface area (Å²) in [6, 6.07) is 0.618. The zero-order chi connectivity index (χ0) is 11.3. The first-order valence-corrected chi connectivity index (χ1v) is 5.92. The fourth-order valence-corrected chi connectivity index (χ4v) is 1.83. The van der Waals surface area contributed by atoms with Gasteiger partial charge in [-0.1, -0.05) is 13.8 Å². The van der Waals surface area contributed by atoms with Crippen molar-refractivity contribution in [1.82, 2.24) is 15.1 Å². The highest BCUT2D eigenvalue weighted by atomic mass is 16.2. The average Bonchev–Trinajstić information content (AvgIpc) is 2.55. The van der Waals surface area contributed by atoms with Crippen LogP contribution in [0.3, 0.4) is 0 Å². The van der Waals surface area contributed by atoms with Crippen molar-refractivity contribution < 1.29 is 4.79 Å². The first-order valence-electron chi connectivity index (χ1n) is 5.92. The molecule has 0 aliphatic carbocycles. The largest absolute Gasteiger partial charge is 0.326 e. The van der Waals surface area contributed by atoms with E-state index >= 15 is 0 Å². The minimum absolute atomic E-state index is 0.173. The van der Waals surface area contributed by atoms with Crippen LogP contribution < -0.4 is 5.32 Å². The summed E-state index contributed by atoms with van der Waals surface area (Å²) in [6.07, 6.45) is 2.22. The Morgan fingerprint density at radius 2 is 2.13 bits per heavy atom. The van der Waals surface area contributed by atoms with E-state index in [-0.39, 0.29) is 6.03 Å². The van der Waals surface area contributed by atoms with Gasteiger partial charge in [-0.2, -0.15) is 0 Å². The molecular formula is C11H23N3O. The molecule has 1 N–H and O–H groups in total. The van der Waals surface area contributed by atoms with Crippen LogP contribution in [-0.4, -0.2) is 55.1 Å². The molecule has 88 valence electrons. The molecule has 4 nitrogen and oxygen atoms in total. The van der Waals surface area contributed by atoms with Gasteiger partial charge in [-0.05, 0) is 19.4 Å². The van der Waals surface area contributed by atoms with E-state index in [1.54, 1.807) is 4.90 Å². The standard InChI is InChI=1S/C11H23N3O/c1-4-6-12-10(5-2)9-14-8-7-13(3)11(14)15/h10,12H,4-9H2,1-3H3. The summed E-state index contributed by atoms with van der Waals surface area (Å²) in [7, 11) is 1.86. The summed E-state index contributed by atoms with van der Waals surface area (Å²) in [5, 5.41) is 3.47. The number of nitrogens with zero attached hydrogens (tertiary/aromatic N) is 2. The molecule has 0 bridgehead atoms. The van der Waals surface area contributed by atoms with Crippen molar-refractivity contribution in [2.45, 2.75) is 32.7 Å². The molecule has 0 saturated carbocycles. The van der Waals surface area contributed by atoms with E-state index in [9.17, 15) is 4.79 Å². The Bertz CT molecular complexity index is 208. The first-order chi connectivity index (χ1) is 7.19. The van der Waals surface area contributed by atoms with E-state index in [0.29, 0.717) is 6.04 Å². The number of likely N-dealkylation sites (N-methyl/N-ethyl adjacent to an activating group) is 1. The summed E-state index contributed by atoms with van der Waals surface area (Å²) >= 11 is 0. The van der Waals surface area contributed by atoms with Gasteiger partial charge in [0.05, 0.1) is 0 Å². The third-order valence-corrected chi connectivity index (χ3v) is 2.92. The highest BCUT2D eigenvalue weighted by molar-refractivity contribution is 5.76. The topological polar surface area (TPSA) is 35.6 Å². The van der Waals surface area contributed by atoms with Crippen molar-refractivity contribution in [2.24, 2.45) is 0 Å². The van der Waals surface area contributed by atoms with E-state index in [0.717, 1.165) is 39.0 Å². The molecular weight excluding hydrogens is 190 g/mol. The van der Waals surface area contributed by atoms with E-state index in [4.69, 9.17) is 0 Å². The fourth-order valence-electron chi connectivity index (χ4n) is 1.83. The lowest BCUT2D eigenvalue weighted by Crippen LogP contribution is -2.42. The van der Waals surface area contributed by atoms with Crippen LogP contribution in [0.25, 0.3) is 0 Å². The molecule has 1 saturated heterocycles. The molecule has 0 aromatic rings. The van der Waals surface area contributed by atoms with E-state index in [1.165, 1.54) is 0 Å². The van der Waals surface area contributed by atoms with Crippen molar-refractivity contribution in [2.75, 3.05) is 33.2 Å². The van der Waals surface area contributed by atoms with Gasteiger partial charge in [0.25, 0.3) is 0 Å². The van der Waals surface area contributed by atoms with Gasteiger partial charge in [0, 0.05) is 32.7 Å². The van der Waals surface area contributed by atoms with E-state index in [2.05, 4.69) is 19.2 Å². The molecule has 0 aromatic carbocycles. The van der Waals surface area contributed by atoms with Gasteiger partial charge in [0.2, 0.25) is 0 Å². The number of carbonyl (C=O) groups is 1. The number of nitrogens with one attached hydrogen (secondary N) is 1. The molecule has 0 spiro atoms. The molecule has 1 aliphatic rings. The number of rotatable bonds is 6. The molecule has 1 heterocycles. The van der Waals surface area contributed by atoms with Crippen LogP contribution in [0, 0.1) is 0 Å². The predicted octanol–water partition coefficient (Wildman–Crippen LogP) is 1.13.